The van der Waals surface area contributed by atoms with Crippen molar-refractivity contribution in [2.45, 2.75) is 11.8 Å². The number of aryl methyl sites for hydroxylation is 1. The highest BCUT2D eigenvalue weighted by Gasteiger charge is 2.20. The molecule has 31 heavy (non-hydrogen) atoms. The van der Waals surface area contributed by atoms with Crippen LogP contribution in [0.15, 0.2) is 89.8 Å². The Hall–Kier alpha value is -3.84. The fourth-order valence-electron chi connectivity index (χ4n) is 3.11. The number of aromatic hydroxyl groups is 1. The maximum absolute atomic E-state index is 12.8. The zero-order valence-corrected chi connectivity index (χ0v) is 17.4. The topological polar surface area (TPSA) is 92.7 Å². The molecule has 4 aromatic rings. The Morgan fingerprint density at radius 3 is 2.19 bits per heavy atom. The van der Waals surface area contributed by atoms with Gasteiger partial charge >= 0.3 is 10.1 Å². The molecule has 156 valence electrons. The first-order chi connectivity index (χ1) is 14.8. The predicted octanol–water partition coefficient (Wildman–Crippen LogP) is 4.87. The van der Waals surface area contributed by atoms with Crippen LogP contribution in [0.2, 0.25) is 0 Å². The second-order valence-electron chi connectivity index (χ2n) is 7.02. The Bertz CT molecular complexity index is 1380. The number of para-hydroxylation sites is 2. The van der Waals surface area contributed by atoms with Gasteiger partial charge in [-0.15, -0.1) is 0 Å². The zero-order chi connectivity index (χ0) is 22.0. The quantitative estimate of drug-likeness (QED) is 0.438. The Kier molecular flexibility index (Phi) is 5.35. The van der Waals surface area contributed by atoms with Gasteiger partial charge in [0.25, 0.3) is 5.91 Å². The highest BCUT2D eigenvalue weighted by atomic mass is 32.2. The summed E-state index contributed by atoms with van der Waals surface area (Å²) in [6, 6.07) is 22.9. The number of nitrogens with one attached hydrogen (secondary N) is 1. The van der Waals surface area contributed by atoms with Crippen molar-refractivity contribution in [2.24, 2.45) is 0 Å². The molecule has 0 heterocycles. The van der Waals surface area contributed by atoms with E-state index in [2.05, 4.69) is 5.32 Å². The maximum atomic E-state index is 12.8. The van der Waals surface area contributed by atoms with E-state index in [0.29, 0.717) is 0 Å². The highest BCUT2D eigenvalue weighted by Crippen LogP contribution is 2.30. The molecule has 0 aliphatic rings. The van der Waals surface area contributed by atoms with Crippen molar-refractivity contribution in [3.05, 3.63) is 96.1 Å². The normalized spacial score (nSPS) is 11.3. The van der Waals surface area contributed by atoms with Crippen LogP contribution in [0.5, 0.6) is 11.5 Å². The third-order valence-corrected chi connectivity index (χ3v) is 6.00. The summed E-state index contributed by atoms with van der Waals surface area (Å²) in [6.45, 7) is 1.85. The minimum atomic E-state index is -4.09. The third kappa shape index (κ3) is 4.36. The van der Waals surface area contributed by atoms with Gasteiger partial charge in [-0.25, -0.2) is 0 Å². The van der Waals surface area contributed by atoms with Crippen LogP contribution in [0.3, 0.4) is 0 Å². The van der Waals surface area contributed by atoms with Crippen molar-refractivity contribution in [3.63, 3.8) is 0 Å². The van der Waals surface area contributed by atoms with Crippen molar-refractivity contribution in [2.75, 3.05) is 5.32 Å². The van der Waals surface area contributed by atoms with Crippen LogP contribution < -0.4 is 9.50 Å². The van der Waals surface area contributed by atoms with E-state index in [-0.39, 0.29) is 27.6 Å². The Morgan fingerprint density at radius 2 is 1.48 bits per heavy atom. The van der Waals surface area contributed by atoms with Gasteiger partial charge in [0.2, 0.25) is 0 Å². The summed E-state index contributed by atoms with van der Waals surface area (Å²) in [4.78, 5) is 12.8. The number of hydrogen-bond donors (Lipinski definition) is 2. The highest BCUT2D eigenvalue weighted by molar-refractivity contribution is 7.87. The van der Waals surface area contributed by atoms with Crippen LogP contribution in [-0.4, -0.2) is 19.4 Å². The van der Waals surface area contributed by atoms with Gasteiger partial charge in [-0.05, 0) is 54.1 Å². The molecule has 0 fully saturated rings. The van der Waals surface area contributed by atoms with Crippen molar-refractivity contribution in [1.82, 2.24) is 0 Å². The molecule has 4 rings (SSSR count). The molecule has 7 heteroatoms. The molecule has 0 saturated carbocycles. The number of hydrogen-bond acceptors (Lipinski definition) is 5. The summed E-state index contributed by atoms with van der Waals surface area (Å²) in [5.74, 6) is -0.800. The number of rotatable bonds is 5. The van der Waals surface area contributed by atoms with Crippen LogP contribution in [0.1, 0.15) is 15.9 Å². The van der Waals surface area contributed by atoms with E-state index in [1.807, 2.05) is 31.2 Å². The molecule has 0 unspecified atom stereocenters. The Morgan fingerprint density at radius 1 is 0.871 bits per heavy atom. The van der Waals surface area contributed by atoms with Gasteiger partial charge in [0.15, 0.2) is 5.75 Å². The predicted molar refractivity (Wildman–Crippen MR) is 119 cm³/mol. The second-order valence-corrected chi connectivity index (χ2v) is 8.56. The minimum Gasteiger partial charge on any atom is -0.507 e. The minimum absolute atomic E-state index is 0.00593. The fraction of sp³-hybridized carbons (Fsp3) is 0.0417. The van der Waals surface area contributed by atoms with Crippen molar-refractivity contribution < 1.29 is 22.5 Å². The van der Waals surface area contributed by atoms with Crippen LogP contribution in [0, 0.1) is 6.92 Å². The zero-order valence-electron chi connectivity index (χ0n) is 16.6. The average molecular weight is 433 g/mol. The standard InChI is InChI=1S/C24H19NO5S/c1-16-10-12-19(13-11-16)31(28,29)30-23-9-5-4-8-21(23)25-24(27)20-14-17-6-2-3-7-18(17)15-22(20)26/h2-15,26H,1H3,(H,25,27). The number of fused-ring (bicyclic) bond motifs is 1. The van der Waals surface area contributed by atoms with Crippen LogP contribution in [-0.2, 0) is 10.1 Å². The molecule has 0 spiro atoms. The molecule has 0 aliphatic carbocycles. The van der Waals surface area contributed by atoms with E-state index in [0.717, 1.165) is 16.3 Å². The summed E-state index contributed by atoms with van der Waals surface area (Å²) in [5, 5.41) is 14.5. The van der Waals surface area contributed by atoms with Gasteiger partial charge in [0.05, 0.1) is 11.3 Å². The molecular weight excluding hydrogens is 414 g/mol. The molecule has 2 N–H and O–H groups in total. The first-order valence-corrected chi connectivity index (χ1v) is 10.9. The smallest absolute Gasteiger partial charge is 0.339 e. The van der Waals surface area contributed by atoms with Crippen molar-refractivity contribution >= 4 is 32.5 Å². The molecule has 6 nitrogen and oxygen atoms in total. The molecule has 0 aromatic heterocycles. The Balaban J connectivity index is 1.63. The maximum Gasteiger partial charge on any atom is 0.339 e. The van der Waals surface area contributed by atoms with Gasteiger partial charge in [0, 0.05) is 0 Å². The first-order valence-electron chi connectivity index (χ1n) is 9.47. The lowest BCUT2D eigenvalue weighted by molar-refractivity contribution is 0.102. The molecule has 0 saturated heterocycles. The molecule has 0 atom stereocenters. The molecular formula is C24H19NO5S. The number of phenolic OH excluding ortho intramolecular Hbond substituents is 1. The monoisotopic (exact) mass is 433 g/mol. The van der Waals surface area contributed by atoms with E-state index in [1.54, 1.807) is 30.3 Å². The lowest BCUT2D eigenvalue weighted by Crippen LogP contribution is -2.15. The first kappa shape index (κ1) is 20.4. The Labute approximate surface area is 179 Å². The average Bonchev–Trinajstić information content (AvgIpc) is 2.74. The number of phenols is 1. The van der Waals surface area contributed by atoms with Crippen LogP contribution in [0.4, 0.5) is 5.69 Å². The molecule has 4 aromatic carbocycles. The number of carbonyl (C=O) groups excluding carboxylic acids is 1. The molecule has 0 aliphatic heterocycles. The SMILES string of the molecule is Cc1ccc(S(=O)(=O)Oc2ccccc2NC(=O)c2cc3ccccc3cc2O)cc1. The lowest BCUT2D eigenvalue weighted by Gasteiger charge is -2.13. The van der Waals surface area contributed by atoms with Gasteiger partial charge in [-0.2, -0.15) is 8.42 Å². The number of carbonyl (C=O) groups is 1. The van der Waals surface area contributed by atoms with Crippen molar-refractivity contribution in [1.29, 1.82) is 0 Å². The summed E-state index contributed by atoms with van der Waals surface area (Å²) < 4.78 is 30.6. The van der Waals surface area contributed by atoms with E-state index < -0.39 is 16.0 Å². The van der Waals surface area contributed by atoms with Crippen LogP contribution >= 0.6 is 0 Å². The summed E-state index contributed by atoms with van der Waals surface area (Å²) >= 11 is 0. The lowest BCUT2D eigenvalue weighted by atomic mass is 10.1. The number of anilines is 1. The summed E-state index contributed by atoms with van der Waals surface area (Å²) in [7, 11) is -4.09. The van der Waals surface area contributed by atoms with Gasteiger partial charge < -0.3 is 14.6 Å². The molecule has 0 radical (unpaired) electrons. The van der Waals surface area contributed by atoms with Crippen LogP contribution in [0.25, 0.3) is 10.8 Å². The molecule has 0 bridgehead atoms. The van der Waals surface area contributed by atoms with Gasteiger partial charge in [0.1, 0.15) is 10.6 Å². The summed E-state index contributed by atoms with van der Waals surface area (Å²) in [5.41, 5.74) is 1.15. The number of amides is 1. The largest absolute Gasteiger partial charge is 0.507 e. The van der Waals surface area contributed by atoms with E-state index in [1.165, 1.54) is 30.3 Å². The molecule has 1 amide bonds. The third-order valence-electron chi connectivity index (χ3n) is 4.75. The van der Waals surface area contributed by atoms with Gasteiger partial charge in [-0.1, -0.05) is 54.1 Å². The summed E-state index contributed by atoms with van der Waals surface area (Å²) in [6.07, 6.45) is 0. The number of benzene rings is 4. The van der Waals surface area contributed by atoms with Gasteiger partial charge in [-0.3, -0.25) is 4.79 Å². The second kappa shape index (κ2) is 8.12. The van der Waals surface area contributed by atoms with E-state index in [9.17, 15) is 18.3 Å². The van der Waals surface area contributed by atoms with E-state index >= 15 is 0 Å². The van der Waals surface area contributed by atoms with E-state index in [4.69, 9.17) is 4.18 Å². The fourth-order valence-corrected chi connectivity index (χ4v) is 4.06. The van der Waals surface area contributed by atoms with Crippen molar-refractivity contribution in [3.8, 4) is 11.5 Å².